The first kappa shape index (κ1) is 25.0. The number of amides is 1. The molecule has 1 saturated heterocycles. The fraction of sp³-hybridized carbons (Fsp3) is 0.423. The number of likely N-dealkylation sites (tertiary alicyclic amines) is 1. The fourth-order valence-electron chi connectivity index (χ4n) is 4.43. The maximum atomic E-state index is 12.5. The molecule has 1 aliphatic rings. The van der Waals surface area contributed by atoms with Gasteiger partial charge in [0, 0.05) is 5.02 Å². The Morgan fingerprint density at radius 2 is 1.94 bits per heavy atom. The summed E-state index contributed by atoms with van der Waals surface area (Å²) in [5.74, 6) is 0.540. The SMILES string of the molecule is CCc1cc(Cl)c(C)cc1OCC(=O)N=Nc1c(O)n(CN2CCCCC2)c2cccc(OC)c12. The van der Waals surface area contributed by atoms with E-state index in [0.29, 0.717) is 28.6 Å². The largest absolute Gasteiger partial charge is 0.496 e. The molecule has 0 aliphatic carbocycles. The molecule has 8 nitrogen and oxygen atoms in total. The normalized spacial score (nSPS) is 14.6. The van der Waals surface area contributed by atoms with Crippen LogP contribution in [0.25, 0.3) is 10.9 Å². The smallest absolute Gasteiger partial charge is 0.302 e. The first-order valence-corrected chi connectivity index (χ1v) is 12.3. The van der Waals surface area contributed by atoms with Crippen LogP contribution in [0.5, 0.6) is 17.4 Å². The van der Waals surface area contributed by atoms with Crippen LogP contribution >= 0.6 is 11.6 Å². The van der Waals surface area contributed by atoms with Crippen molar-refractivity contribution in [1.82, 2.24) is 9.47 Å². The van der Waals surface area contributed by atoms with E-state index in [2.05, 4.69) is 15.1 Å². The second kappa shape index (κ2) is 11.1. The Bertz CT molecular complexity index is 1250. The van der Waals surface area contributed by atoms with Gasteiger partial charge in [-0.1, -0.05) is 31.0 Å². The Balaban J connectivity index is 1.58. The third-order valence-electron chi connectivity index (χ3n) is 6.34. The molecule has 0 radical (unpaired) electrons. The van der Waals surface area contributed by atoms with Gasteiger partial charge in [-0.25, -0.2) is 0 Å². The molecule has 3 aromatic rings. The van der Waals surface area contributed by atoms with Crippen LogP contribution in [0.2, 0.25) is 5.02 Å². The number of ether oxygens (including phenoxy) is 2. The van der Waals surface area contributed by atoms with Crippen LogP contribution in [0.15, 0.2) is 40.6 Å². The average Bonchev–Trinajstić information content (AvgIpc) is 3.14. The number of rotatable bonds is 8. The molecule has 1 aliphatic heterocycles. The molecule has 0 saturated carbocycles. The Hall–Kier alpha value is -3.10. The van der Waals surface area contributed by atoms with E-state index in [1.165, 1.54) is 6.42 Å². The van der Waals surface area contributed by atoms with Crippen LogP contribution in [-0.2, 0) is 17.9 Å². The van der Waals surface area contributed by atoms with Gasteiger partial charge in [0.25, 0.3) is 0 Å². The lowest BCUT2D eigenvalue weighted by Gasteiger charge is -2.27. The summed E-state index contributed by atoms with van der Waals surface area (Å²) in [6.45, 7) is 6.07. The molecule has 1 aromatic heterocycles. The Kier molecular flexibility index (Phi) is 7.93. The maximum absolute atomic E-state index is 12.5. The number of benzene rings is 2. The van der Waals surface area contributed by atoms with Gasteiger partial charge in [-0.2, -0.15) is 0 Å². The molecule has 0 bridgehead atoms. The first-order valence-electron chi connectivity index (χ1n) is 11.9. The number of carbonyl (C=O) groups is 1. The highest BCUT2D eigenvalue weighted by molar-refractivity contribution is 6.31. The van der Waals surface area contributed by atoms with Crippen molar-refractivity contribution < 1.29 is 19.4 Å². The van der Waals surface area contributed by atoms with Crippen molar-refractivity contribution in [3.05, 3.63) is 46.5 Å². The molecule has 1 N–H and O–H groups in total. The van der Waals surface area contributed by atoms with E-state index < -0.39 is 5.91 Å². The molecular formula is C26H31ClN4O4. The van der Waals surface area contributed by atoms with E-state index in [1.807, 2.05) is 38.1 Å². The van der Waals surface area contributed by atoms with Crippen molar-refractivity contribution in [2.75, 3.05) is 26.8 Å². The van der Waals surface area contributed by atoms with Crippen LogP contribution in [0.3, 0.4) is 0 Å². The Morgan fingerprint density at radius 3 is 2.66 bits per heavy atom. The number of hydrogen-bond acceptors (Lipinski definition) is 6. The van der Waals surface area contributed by atoms with Crippen molar-refractivity contribution in [3.63, 3.8) is 0 Å². The quantitative estimate of drug-likeness (QED) is 0.384. The average molecular weight is 499 g/mol. The third kappa shape index (κ3) is 5.44. The molecule has 0 unspecified atom stereocenters. The fourth-order valence-corrected chi connectivity index (χ4v) is 4.61. The molecule has 0 spiro atoms. The summed E-state index contributed by atoms with van der Waals surface area (Å²) >= 11 is 6.20. The number of aromatic nitrogens is 1. The monoisotopic (exact) mass is 498 g/mol. The summed E-state index contributed by atoms with van der Waals surface area (Å²) in [6, 6.07) is 9.23. The number of halogens is 1. The molecular weight excluding hydrogens is 468 g/mol. The number of aryl methyl sites for hydroxylation is 2. The van der Waals surface area contributed by atoms with Gasteiger partial charge in [-0.15, -0.1) is 10.2 Å². The highest BCUT2D eigenvalue weighted by Gasteiger charge is 2.22. The predicted octanol–water partition coefficient (Wildman–Crippen LogP) is 6.01. The summed E-state index contributed by atoms with van der Waals surface area (Å²) in [5, 5.41) is 20.3. The number of fused-ring (bicyclic) bond motifs is 1. The molecule has 1 fully saturated rings. The van der Waals surface area contributed by atoms with Gasteiger partial charge >= 0.3 is 5.91 Å². The van der Waals surface area contributed by atoms with Crippen molar-refractivity contribution in [2.24, 2.45) is 10.2 Å². The molecule has 9 heteroatoms. The number of nitrogens with zero attached hydrogens (tertiary/aromatic N) is 4. The second-order valence-electron chi connectivity index (χ2n) is 8.72. The summed E-state index contributed by atoms with van der Waals surface area (Å²) in [4.78, 5) is 14.8. The highest BCUT2D eigenvalue weighted by Crippen LogP contribution is 2.43. The molecule has 2 aromatic carbocycles. The van der Waals surface area contributed by atoms with Crippen LogP contribution in [-0.4, -0.2) is 47.3 Å². The van der Waals surface area contributed by atoms with Gasteiger partial charge in [0.2, 0.25) is 5.88 Å². The molecule has 186 valence electrons. The van der Waals surface area contributed by atoms with E-state index in [-0.39, 0.29) is 18.2 Å². The van der Waals surface area contributed by atoms with Gasteiger partial charge in [0.1, 0.15) is 11.5 Å². The van der Waals surface area contributed by atoms with Crippen LogP contribution in [0.1, 0.15) is 37.3 Å². The maximum Gasteiger partial charge on any atom is 0.302 e. The number of hydrogen-bond donors (Lipinski definition) is 1. The van der Waals surface area contributed by atoms with E-state index in [9.17, 15) is 9.90 Å². The number of azo groups is 1. The van der Waals surface area contributed by atoms with Gasteiger partial charge < -0.3 is 14.6 Å². The van der Waals surface area contributed by atoms with Gasteiger partial charge in [0.15, 0.2) is 12.3 Å². The molecule has 4 rings (SSSR count). The number of piperidine rings is 1. The Labute approximate surface area is 210 Å². The number of carbonyl (C=O) groups excluding carboxylic acids is 1. The zero-order valence-corrected chi connectivity index (χ0v) is 21.1. The summed E-state index contributed by atoms with van der Waals surface area (Å²) < 4.78 is 13.0. The number of aromatic hydroxyl groups is 1. The minimum Gasteiger partial charge on any atom is -0.496 e. The summed E-state index contributed by atoms with van der Waals surface area (Å²) in [5.41, 5.74) is 2.76. The number of methoxy groups -OCH3 is 1. The van der Waals surface area contributed by atoms with Crippen molar-refractivity contribution in [3.8, 4) is 17.4 Å². The van der Waals surface area contributed by atoms with Crippen LogP contribution in [0, 0.1) is 6.92 Å². The van der Waals surface area contributed by atoms with Crippen LogP contribution < -0.4 is 9.47 Å². The molecule has 2 heterocycles. The molecule has 35 heavy (non-hydrogen) atoms. The second-order valence-corrected chi connectivity index (χ2v) is 9.13. The topological polar surface area (TPSA) is 88.7 Å². The lowest BCUT2D eigenvalue weighted by atomic mass is 10.1. The van der Waals surface area contributed by atoms with Crippen LogP contribution in [0.4, 0.5) is 5.69 Å². The van der Waals surface area contributed by atoms with E-state index in [4.69, 9.17) is 21.1 Å². The van der Waals surface area contributed by atoms with Gasteiger partial charge in [-0.3, -0.25) is 14.3 Å². The standard InChI is InChI=1S/C26H31ClN4O4/c1-4-18-14-19(27)17(2)13-22(18)35-15-23(32)28-29-25-24-20(9-8-10-21(24)34-3)31(26(25)33)16-30-11-6-5-7-12-30/h8-10,13-14,33H,4-7,11-12,15-16H2,1-3H3. The van der Waals surface area contributed by atoms with Crippen molar-refractivity contribution in [1.29, 1.82) is 0 Å². The van der Waals surface area contributed by atoms with E-state index in [0.717, 1.165) is 49.0 Å². The lowest BCUT2D eigenvalue weighted by Crippen LogP contribution is -2.31. The molecule has 1 amide bonds. The zero-order chi connectivity index (χ0) is 24.9. The summed E-state index contributed by atoms with van der Waals surface area (Å²) in [6.07, 6.45) is 4.21. The Morgan fingerprint density at radius 1 is 1.17 bits per heavy atom. The first-order chi connectivity index (χ1) is 16.9. The molecule has 0 atom stereocenters. The predicted molar refractivity (Wildman–Crippen MR) is 136 cm³/mol. The zero-order valence-electron chi connectivity index (χ0n) is 20.4. The lowest BCUT2D eigenvalue weighted by molar-refractivity contribution is -0.120. The van der Waals surface area contributed by atoms with Gasteiger partial charge in [-0.05, 0) is 74.7 Å². The minimum atomic E-state index is -0.564. The summed E-state index contributed by atoms with van der Waals surface area (Å²) in [7, 11) is 1.56. The van der Waals surface area contributed by atoms with E-state index >= 15 is 0 Å². The highest BCUT2D eigenvalue weighted by atomic mass is 35.5. The van der Waals surface area contributed by atoms with Gasteiger partial charge in [0.05, 0.1) is 24.7 Å². The van der Waals surface area contributed by atoms with Crippen molar-refractivity contribution in [2.45, 2.75) is 46.2 Å². The minimum absolute atomic E-state index is 0.0471. The van der Waals surface area contributed by atoms with Crippen molar-refractivity contribution >= 4 is 34.1 Å². The third-order valence-corrected chi connectivity index (χ3v) is 6.75. The van der Waals surface area contributed by atoms with E-state index in [1.54, 1.807) is 17.7 Å².